The Kier molecular flexibility index (Phi) is 6.03. The molecule has 5 nitrogen and oxygen atoms in total. The van der Waals surface area contributed by atoms with Gasteiger partial charge >= 0.3 is 0 Å². The van der Waals surface area contributed by atoms with Crippen LogP contribution in [0.3, 0.4) is 0 Å². The second kappa shape index (κ2) is 8.65. The fourth-order valence-corrected chi connectivity index (χ4v) is 5.11. The lowest BCUT2D eigenvalue weighted by Gasteiger charge is -2.42. The molecule has 0 saturated carbocycles. The van der Waals surface area contributed by atoms with Crippen molar-refractivity contribution in [1.82, 2.24) is 19.7 Å². The molecule has 0 radical (unpaired) electrons. The fraction of sp³-hybridized carbons (Fsp3) is 0.619. The van der Waals surface area contributed by atoms with Crippen LogP contribution in [-0.4, -0.2) is 58.1 Å². The number of hydrogen-bond donors (Lipinski definition) is 0. The average Bonchev–Trinajstić information content (AvgIpc) is 3.09. The second-order valence-electron chi connectivity index (χ2n) is 7.90. The summed E-state index contributed by atoms with van der Waals surface area (Å²) < 4.78 is 2.16. The summed E-state index contributed by atoms with van der Waals surface area (Å²) in [6.07, 6.45) is 8.31. The van der Waals surface area contributed by atoms with E-state index in [1.807, 2.05) is 0 Å². The smallest absolute Gasteiger partial charge is 0.190 e. The van der Waals surface area contributed by atoms with E-state index in [4.69, 9.17) is 0 Å². The van der Waals surface area contributed by atoms with Gasteiger partial charge in [-0.15, -0.1) is 10.2 Å². The summed E-state index contributed by atoms with van der Waals surface area (Å²) >= 11 is 1.67. The summed E-state index contributed by atoms with van der Waals surface area (Å²) in [5.41, 5.74) is 1.38. The van der Waals surface area contributed by atoms with E-state index in [2.05, 4.69) is 68.2 Å². The van der Waals surface area contributed by atoms with Gasteiger partial charge in [-0.3, -0.25) is 0 Å². The van der Waals surface area contributed by atoms with Gasteiger partial charge in [-0.05, 0) is 63.1 Å². The normalized spacial score (nSPS) is 20.3. The third kappa shape index (κ3) is 4.32. The SMILES string of the molecule is CSc1nnc(CC2CCN(C3CCN(c4ccccc4)CC3)CC2)n1C. The highest BCUT2D eigenvalue weighted by Gasteiger charge is 2.29. The minimum absolute atomic E-state index is 0.753. The van der Waals surface area contributed by atoms with E-state index in [-0.39, 0.29) is 0 Å². The molecule has 0 N–H and O–H groups in total. The van der Waals surface area contributed by atoms with Crippen LogP contribution in [0.4, 0.5) is 5.69 Å². The number of aromatic nitrogens is 3. The molecule has 2 aliphatic heterocycles. The van der Waals surface area contributed by atoms with Crippen LogP contribution in [0.5, 0.6) is 0 Å². The maximum atomic E-state index is 4.40. The molecule has 0 unspecified atom stereocenters. The van der Waals surface area contributed by atoms with Crippen LogP contribution in [0.1, 0.15) is 31.5 Å². The van der Waals surface area contributed by atoms with E-state index in [9.17, 15) is 0 Å². The van der Waals surface area contributed by atoms with Gasteiger partial charge in [0.1, 0.15) is 5.82 Å². The number of nitrogens with zero attached hydrogens (tertiary/aromatic N) is 5. The highest BCUT2D eigenvalue weighted by atomic mass is 32.2. The Morgan fingerprint density at radius 2 is 1.67 bits per heavy atom. The number of hydrogen-bond acceptors (Lipinski definition) is 5. The third-order valence-electron chi connectivity index (χ3n) is 6.33. The molecule has 1 aromatic heterocycles. The van der Waals surface area contributed by atoms with E-state index in [1.165, 1.54) is 57.5 Å². The summed E-state index contributed by atoms with van der Waals surface area (Å²) in [5.74, 6) is 1.90. The zero-order chi connectivity index (χ0) is 18.6. The zero-order valence-corrected chi connectivity index (χ0v) is 17.4. The number of rotatable bonds is 5. The predicted octanol–water partition coefficient (Wildman–Crippen LogP) is 3.46. The predicted molar refractivity (Wildman–Crippen MR) is 112 cm³/mol. The van der Waals surface area contributed by atoms with Crippen molar-refractivity contribution in [1.29, 1.82) is 0 Å². The maximum Gasteiger partial charge on any atom is 0.190 e. The quantitative estimate of drug-likeness (QED) is 0.737. The summed E-state index contributed by atoms with van der Waals surface area (Å²) in [5, 5.41) is 9.70. The molecule has 2 saturated heterocycles. The number of anilines is 1. The molecular formula is C21H31N5S. The molecule has 0 spiro atoms. The van der Waals surface area contributed by atoms with Crippen LogP contribution in [-0.2, 0) is 13.5 Å². The lowest BCUT2D eigenvalue weighted by atomic mass is 9.91. The maximum absolute atomic E-state index is 4.40. The van der Waals surface area contributed by atoms with Gasteiger partial charge < -0.3 is 14.4 Å². The summed E-state index contributed by atoms with van der Waals surface area (Å²) in [4.78, 5) is 5.30. The molecule has 2 fully saturated rings. The Morgan fingerprint density at radius 1 is 0.963 bits per heavy atom. The van der Waals surface area contributed by atoms with Crippen LogP contribution >= 0.6 is 11.8 Å². The van der Waals surface area contributed by atoms with Gasteiger partial charge in [-0.2, -0.15) is 0 Å². The number of likely N-dealkylation sites (tertiary alicyclic amines) is 1. The number of para-hydroxylation sites is 1. The van der Waals surface area contributed by atoms with Gasteiger partial charge in [0, 0.05) is 38.3 Å². The lowest BCUT2D eigenvalue weighted by molar-refractivity contribution is 0.114. The molecule has 2 aromatic rings. The molecular weight excluding hydrogens is 354 g/mol. The van der Waals surface area contributed by atoms with E-state index in [0.717, 1.165) is 29.4 Å². The van der Waals surface area contributed by atoms with Crippen molar-refractivity contribution in [3.05, 3.63) is 36.2 Å². The molecule has 27 heavy (non-hydrogen) atoms. The van der Waals surface area contributed by atoms with Crippen molar-refractivity contribution in [3.8, 4) is 0 Å². The Bertz CT molecular complexity index is 715. The first-order chi connectivity index (χ1) is 13.2. The highest BCUT2D eigenvalue weighted by molar-refractivity contribution is 7.98. The molecule has 0 amide bonds. The molecule has 1 aromatic carbocycles. The first kappa shape index (κ1) is 18.8. The van der Waals surface area contributed by atoms with Crippen molar-refractivity contribution < 1.29 is 0 Å². The van der Waals surface area contributed by atoms with Gasteiger partial charge in [0.25, 0.3) is 0 Å². The Balaban J connectivity index is 1.24. The largest absolute Gasteiger partial charge is 0.371 e. The number of benzene rings is 1. The molecule has 0 bridgehead atoms. The number of piperidine rings is 2. The van der Waals surface area contributed by atoms with Gasteiger partial charge in [0.15, 0.2) is 5.16 Å². The fourth-order valence-electron chi connectivity index (χ4n) is 4.61. The molecule has 0 aliphatic carbocycles. The minimum atomic E-state index is 0.753. The van der Waals surface area contributed by atoms with Crippen LogP contribution < -0.4 is 4.90 Å². The highest BCUT2D eigenvalue weighted by Crippen LogP contribution is 2.28. The monoisotopic (exact) mass is 385 g/mol. The third-order valence-corrected chi connectivity index (χ3v) is 7.05. The average molecular weight is 386 g/mol. The first-order valence-corrected chi connectivity index (χ1v) is 11.4. The molecule has 2 aliphatic rings. The zero-order valence-electron chi connectivity index (χ0n) is 16.5. The van der Waals surface area contributed by atoms with E-state index in [0.29, 0.717) is 0 Å². The van der Waals surface area contributed by atoms with E-state index >= 15 is 0 Å². The molecule has 6 heteroatoms. The van der Waals surface area contributed by atoms with Crippen LogP contribution in [0.2, 0.25) is 0 Å². The molecule has 146 valence electrons. The van der Waals surface area contributed by atoms with Gasteiger partial charge in [0.2, 0.25) is 0 Å². The Morgan fingerprint density at radius 3 is 2.30 bits per heavy atom. The first-order valence-electron chi connectivity index (χ1n) is 10.2. The second-order valence-corrected chi connectivity index (χ2v) is 8.67. The summed E-state index contributed by atoms with van der Waals surface area (Å²) in [6.45, 7) is 4.86. The molecule has 3 heterocycles. The van der Waals surface area contributed by atoms with Gasteiger partial charge in [-0.25, -0.2) is 0 Å². The molecule has 0 atom stereocenters. The standard InChI is InChI=1S/C21H31N5S/c1-24-20(22-23-21(24)27-2)16-17-8-12-25(13-9-17)19-10-14-26(15-11-19)18-6-4-3-5-7-18/h3-7,17,19H,8-16H2,1-2H3. The van der Waals surface area contributed by atoms with Gasteiger partial charge in [0.05, 0.1) is 0 Å². The van der Waals surface area contributed by atoms with Crippen molar-refractivity contribution in [3.63, 3.8) is 0 Å². The van der Waals surface area contributed by atoms with Crippen LogP contribution in [0.25, 0.3) is 0 Å². The Labute approximate surface area is 167 Å². The van der Waals surface area contributed by atoms with Crippen molar-refractivity contribution in [2.75, 3.05) is 37.3 Å². The van der Waals surface area contributed by atoms with E-state index in [1.54, 1.807) is 11.8 Å². The topological polar surface area (TPSA) is 37.2 Å². The summed E-state index contributed by atoms with van der Waals surface area (Å²) in [6, 6.07) is 11.6. The van der Waals surface area contributed by atoms with Crippen molar-refractivity contribution in [2.24, 2.45) is 13.0 Å². The molecule has 4 rings (SSSR count). The van der Waals surface area contributed by atoms with Gasteiger partial charge in [-0.1, -0.05) is 30.0 Å². The lowest BCUT2D eigenvalue weighted by Crippen LogP contribution is -2.48. The summed E-state index contributed by atoms with van der Waals surface area (Å²) in [7, 11) is 2.09. The van der Waals surface area contributed by atoms with E-state index < -0.39 is 0 Å². The Hall–Kier alpha value is -1.53. The van der Waals surface area contributed by atoms with Crippen LogP contribution in [0.15, 0.2) is 35.5 Å². The van der Waals surface area contributed by atoms with Crippen LogP contribution in [0, 0.1) is 5.92 Å². The van der Waals surface area contributed by atoms with Crippen molar-refractivity contribution >= 4 is 17.4 Å². The minimum Gasteiger partial charge on any atom is -0.371 e. The number of thioether (sulfide) groups is 1. The van der Waals surface area contributed by atoms with Crippen molar-refractivity contribution in [2.45, 2.75) is 43.3 Å².